The zero-order valence-electron chi connectivity index (χ0n) is 12.0. The number of carbonyl (C=O) groups is 1. The molecule has 1 aromatic carbocycles. The van der Waals surface area contributed by atoms with Crippen molar-refractivity contribution in [3.05, 3.63) is 47.0 Å². The second kappa shape index (κ2) is 6.54. The molecule has 3 atom stereocenters. The van der Waals surface area contributed by atoms with Crippen molar-refractivity contribution in [2.24, 2.45) is 5.92 Å². The summed E-state index contributed by atoms with van der Waals surface area (Å²) in [4.78, 5) is 11.5. The quantitative estimate of drug-likeness (QED) is 0.841. The molecule has 0 amide bonds. The number of rotatable bonds is 3. The summed E-state index contributed by atoms with van der Waals surface area (Å²) in [7, 11) is 1.41. The molecular weight excluding hydrogens is 284 g/mol. The SMILES string of the molecule is COC(=O)c1ccc([C@@H]2C[C@@H]([C@H]3NC=CS3)CCN2)cc1. The molecule has 5 heteroatoms. The van der Waals surface area contributed by atoms with E-state index in [-0.39, 0.29) is 5.97 Å². The van der Waals surface area contributed by atoms with Crippen molar-refractivity contribution in [3.63, 3.8) is 0 Å². The summed E-state index contributed by atoms with van der Waals surface area (Å²) >= 11 is 1.87. The van der Waals surface area contributed by atoms with E-state index in [1.54, 1.807) is 0 Å². The molecule has 21 heavy (non-hydrogen) atoms. The van der Waals surface area contributed by atoms with Gasteiger partial charge >= 0.3 is 5.97 Å². The Hall–Kier alpha value is -1.46. The molecule has 3 rings (SSSR count). The van der Waals surface area contributed by atoms with Gasteiger partial charge in [0.05, 0.1) is 18.0 Å². The van der Waals surface area contributed by atoms with Gasteiger partial charge in [0.2, 0.25) is 0 Å². The number of methoxy groups -OCH3 is 1. The fourth-order valence-corrected chi connectivity index (χ4v) is 3.94. The van der Waals surface area contributed by atoms with Gasteiger partial charge in [-0.15, -0.1) is 11.8 Å². The van der Waals surface area contributed by atoms with Crippen molar-refractivity contribution >= 4 is 17.7 Å². The highest BCUT2D eigenvalue weighted by molar-refractivity contribution is 8.02. The van der Waals surface area contributed by atoms with Crippen LogP contribution in [0, 0.1) is 5.92 Å². The first-order chi connectivity index (χ1) is 10.3. The summed E-state index contributed by atoms with van der Waals surface area (Å²) in [5.74, 6) is 0.380. The Bertz CT molecular complexity index is 522. The van der Waals surface area contributed by atoms with Gasteiger partial charge in [0.25, 0.3) is 0 Å². The van der Waals surface area contributed by atoms with Gasteiger partial charge in [0.15, 0.2) is 0 Å². The highest BCUT2D eigenvalue weighted by Crippen LogP contribution is 2.35. The molecule has 4 nitrogen and oxygen atoms in total. The van der Waals surface area contributed by atoms with Gasteiger partial charge in [0, 0.05) is 12.2 Å². The van der Waals surface area contributed by atoms with Crippen LogP contribution in [0.3, 0.4) is 0 Å². The molecule has 0 aromatic heterocycles. The summed E-state index contributed by atoms with van der Waals surface area (Å²) in [5, 5.41) is 9.64. The van der Waals surface area contributed by atoms with Crippen LogP contribution in [-0.4, -0.2) is 25.0 Å². The first-order valence-electron chi connectivity index (χ1n) is 7.26. The molecule has 1 fully saturated rings. The van der Waals surface area contributed by atoms with Crippen LogP contribution in [0.15, 0.2) is 35.9 Å². The van der Waals surface area contributed by atoms with Crippen LogP contribution in [0.25, 0.3) is 0 Å². The molecule has 0 bridgehead atoms. The molecular formula is C16H20N2O2S. The van der Waals surface area contributed by atoms with Crippen LogP contribution >= 0.6 is 11.8 Å². The van der Waals surface area contributed by atoms with Crippen molar-refractivity contribution < 1.29 is 9.53 Å². The number of ether oxygens (including phenoxy) is 1. The normalized spacial score (nSPS) is 28.1. The summed E-state index contributed by atoms with van der Waals surface area (Å²) < 4.78 is 4.73. The third-order valence-corrected chi connectivity index (χ3v) is 5.27. The summed E-state index contributed by atoms with van der Waals surface area (Å²) in [6, 6.07) is 8.10. The summed E-state index contributed by atoms with van der Waals surface area (Å²) in [5.41, 5.74) is 1.84. The fourth-order valence-electron chi connectivity index (χ4n) is 2.99. The molecule has 0 aliphatic carbocycles. The number of carbonyl (C=O) groups excluding carboxylic acids is 1. The fraction of sp³-hybridized carbons (Fsp3) is 0.438. The average Bonchev–Trinajstić information content (AvgIpc) is 3.09. The number of benzene rings is 1. The Morgan fingerprint density at radius 2 is 2.14 bits per heavy atom. The number of thioether (sulfide) groups is 1. The average molecular weight is 304 g/mol. The second-order valence-electron chi connectivity index (χ2n) is 5.43. The lowest BCUT2D eigenvalue weighted by atomic mass is 9.88. The van der Waals surface area contributed by atoms with Gasteiger partial charge in [-0.2, -0.15) is 0 Å². The van der Waals surface area contributed by atoms with Gasteiger partial charge < -0.3 is 15.4 Å². The van der Waals surface area contributed by atoms with E-state index in [1.807, 2.05) is 42.2 Å². The van der Waals surface area contributed by atoms with Crippen molar-refractivity contribution in [1.29, 1.82) is 0 Å². The monoisotopic (exact) mass is 304 g/mol. The lowest BCUT2D eigenvalue weighted by molar-refractivity contribution is 0.0600. The first kappa shape index (κ1) is 14.5. The Morgan fingerprint density at radius 1 is 1.33 bits per heavy atom. The molecule has 2 N–H and O–H groups in total. The van der Waals surface area contributed by atoms with Crippen LogP contribution in [0.2, 0.25) is 0 Å². The minimum atomic E-state index is -0.284. The zero-order chi connectivity index (χ0) is 14.7. The Labute approximate surface area is 129 Å². The summed E-state index contributed by atoms with van der Waals surface area (Å²) in [6.07, 6.45) is 4.35. The van der Waals surface area contributed by atoms with Crippen LogP contribution in [0.5, 0.6) is 0 Å². The molecule has 112 valence electrons. The van der Waals surface area contributed by atoms with Crippen molar-refractivity contribution in [1.82, 2.24) is 10.6 Å². The second-order valence-corrected chi connectivity index (χ2v) is 6.48. The Kier molecular flexibility index (Phi) is 4.51. The third kappa shape index (κ3) is 3.24. The van der Waals surface area contributed by atoms with Gasteiger partial charge in [-0.05, 0) is 48.4 Å². The highest BCUT2D eigenvalue weighted by atomic mass is 32.2. The maximum absolute atomic E-state index is 11.5. The molecule has 0 saturated carbocycles. The lowest BCUT2D eigenvalue weighted by Gasteiger charge is -2.33. The number of hydrogen-bond acceptors (Lipinski definition) is 5. The van der Waals surface area contributed by atoms with E-state index in [1.165, 1.54) is 19.1 Å². The minimum absolute atomic E-state index is 0.284. The Balaban J connectivity index is 1.66. The van der Waals surface area contributed by atoms with E-state index in [2.05, 4.69) is 16.0 Å². The predicted molar refractivity (Wildman–Crippen MR) is 84.9 cm³/mol. The van der Waals surface area contributed by atoms with Crippen LogP contribution in [0.1, 0.15) is 34.8 Å². The zero-order valence-corrected chi connectivity index (χ0v) is 12.9. The van der Waals surface area contributed by atoms with Gasteiger partial charge in [-0.3, -0.25) is 0 Å². The molecule has 2 heterocycles. The molecule has 0 spiro atoms. The molecule has 1 aromatic rings. The first-order valence-corrected chi connectivity index (χ1v) is 8.20. The Morgan fingerprint density at radius 3 is 2.81 bits per heavy atom. The third-order valence-electron chi connectivity index (χ3n) is 4.16. The van der Waals surface area contributed by atoms with E-state index in [0.717, 1.165) is 13.0 Å². The highest BCUT2D eigenvalue weighted by Gasteiger charge is 2.29. The molecule has 2 aliphatic rings. The van der Waals surface area contributed by atoms with Gasteiger partial charge in [-0.1, -0.05) is 12.1 Å². The van der Waals surface area contributed by atoms with Gasteiger partial charge in [0.1, 0.15) is 0 Å². The van der Waals surface area contributed by atoms with E-state index >= 15 is 0 Å². The number of esters is 1. The number of nitrogens with one attached hydrogen (secondary N) is 2. The minimum Gasteiger partial charge on any atom is -0.465 e. The van der Waals surface area contributed by atoms with Crippen molar-refractivity contribution in [3.8, 4) is 0 Å². The van der Waals surface area contributed by atoms with E-state index in [9.17, 15) is 4.79 Å². The van der Waals surface area contributed by atoms with Crippen LogP contribution < -0.4 is 10.6 Å². The van der Waals surface area contributed by atoms with Crippen LogP contribution in [0.4, 0.5) is 0 Å². The maximum Gasteiger partial charge on any atom is 0.337 e. The number of hydrogen-bond donors (Lipinski definition) is 2. The van der Waals surface area contributed by atoms with Crippen molar-refractivity contribution in [2.45, 2.75) is 24.3 Å². The topological polar surface area (TPSA) is 50.4 Å². The lowest BCUT2D eigenvalue weighted by Crippen LogP contribution is -2.38. The van der Waals surface area contributed by atoms with E-state index < -0.39 is 0 Å². The smallest absolute Gasteiger partial charge is 0.337 e. The standard InChI is InChI=1S/C16H20N2O2S/c1-20-16(19)12-4-2-11(3-5-12)14-10-13(6-7-17-14)15-18-8-9-21-15/h2-5,8-9,13-15,17-18H,6-7,10H2,1H3/t13-,14-,15-/m0/s1. The van der Waals surface area contributed by atoms with E-state index in [4.69, 9.17) is 4.74 Å². The predicted octanol–water partition coefficient (Wildman–Crippen LogP) is 2.65. The van der Waals surface area contributed by atoms with Gasteiger partial charge in [-0.25, -0.2) is 4.79 Å². The van der Waals surface area contributed by atoms with Crippen LogP contribution in [-0.2, 0) is 4.74 Å². The molecule has 1 saturated heterocycles. The molecule has 0 radical (unpaired) electrons. The maximum atomic E-state index is 11.5. The van der Waals surface area contributed by atoms with E-state index in [0.29, 0.717) is 22.9 Å². The molecule has 2 aliphatic heterocycles. The largest absolute Gasteiger partial charge is 0.465 e. The van der Waals surface area contributed by atoms with Crippen molar-refractivity contribution in [2.75, 3.05) is 13.7 Å². The summed E-state index contributed by atoms with van der Waals surface area (Å²) in [6.45, 7) is 1.03. The number of piperidine rings is 1. The molecule has 0 unspecified atom stereocenters.